The number of aliphatic imine (C=N–C) groups is 1. The highest BCUT2D eigenvalue weighted by Gasteiger charge is 1.97. The molecular weight excluding hydrogens is 100 g/mol. The molecule has 1 radical (unpaired) electrons. The van der Waals surface area contributed by atoms with Gasteiger partial charge in [0, 0.05) is 18.8 Å². The maximum Gasteiger partial charge on any atom is 0.128 e. The van der Waals surface area contributed by atoms with E-state index in [-0.39, 0.29) is 0 Å². The van der Waals surface area contributed by atoms with Gasteiger partial charge in [-0.1, -0.05) is 6.92 Å². The van der Waals surface area contributed by atoms with Crippen molar-refractivity contribution in [2.24, 2.45) is 4.99 Å². The highest BCUT2D eigenvalue weighted by atomic mass is 15.0. The molecule has 0 saturated heterocycles. The van der Waals surface area contributed by atoms with Crippen LogP contribution in [0.4, 0.5) is 0 Å². The number of hydrogen-bond donors (Lipinski definition) is 0. The van der Waals surface area contributed by atoms with Gasteiger partial charge in [-0.05, 0) is 6.42 Å². The Morgan fingerprint density at radius 1 is 1.50 bits per heavy atom. The summed E-state index contributed by atoms with van der Waals surface area (Å²) in [5.41, 5.74) is 0. The van der Waals surface area contributed by atoms with Gasteiger partial charge in [-0.3, -0.25) is 0 Å². The summed E-state index contributed by atoms with van der Waals surface area (Å²) in [6.45, 7) is 2.12. The van der Waals surface area contributed by atoms with Gasteiger partial charge in [-0.2, -0.15) is 0 Å². The molecule has 0 aromatic rings. The van der Waals surface area contributed by atoms with Crippen molar-refractivity contribution in [3.05, 3.63) is 12.4 Å². The Kier molecular flexibility index (Phi) is 1.67. The average molecular weight is 109 g/mol. The lowest BCUT2D eigenvalue weighted by molar-refractivity contribution is 0.964. The van der Waals surface area contributed by atoms with E-state index >= 15 is 0 Å². The third-order valence-corrected chi connectivity index (χ3v) is 0.987. The lowest BCUT2D eigenvalue weighted by Crippen LogP contribution is -2.04. The van der Waals surface area contributed by atoms with Crippen LogP contribution in [0.3, 0.4) is 0 Å². The Morgan fingerprint density at radius 3 is 2.88 bits per heavy atom. The third-order valence-electron chi connectivity index (χ3n) is 0.987. The largest absolute Gasteiger partial charge is 0.240 e. The monoisotopic (exact) mass is 109 g/mol. The molecule has 0 aromatic heterocycles. The first-order valence-electron chi connectivity index (χ1n) is 2.86. The van der Waals surface area contributed by atoms with E-state index in [0.717, 1.165) is 18.7 Å². The van der Waals surface area contributed by atoms with E-state index in [1.54, 1.807) is 12.4 Å². The van der Waals surface area contributed by atoms with Crippen molar-refractivity contribution in [1.29, 1.82) is 0 Å². The fourth-order valence-electron chi connectivity index (χ4n) is 0.625. The summed E-state index contributed by atoms with van der Waals surface area (Å²) in [5.74, 6) is 0.965. The van der Waals surface area contributed by atoms with Gasteiger partial charge in [-0.15, -0.1) is 0 Å². The molecule has 0 unspecified atom stereocenters. The molecule has 0 bridgehead atoms. The molecule has 1 rings (SSSR count). The maximum atomic E-state index is 3.99. The van der Waals surface area contributed by atoms with Crippen molar-refractivity contribution in [3.63, 3.8) is 0 Å². The maximum absolute atomic E-state index is 3.99. The molecule has 2 heteroatoms. The minimum atomic E-state index is 0.965. The Hall–Kier alpha value is -0.790. The van der Waals surface area contributed by atoms with Crippen LogP contribution in [-0.4, -0.2) is 5.84 Å². The summed E-state index contributed by atoms with van der Waals surface area (Å²) in [7, 11) is 0. The number of rotatable bonds is 2. The van der Waals surface area contributed by atoms with Crippen LogP contribution < -0.4 is 5.32 Å². The normalized spacial score (nSPS) is 15.9. The van der Waals surface area contributed by atoms with Gasteiger partial charge in [0.05, 0.1) is 0 Å². The Bertz CT molecular complexity index is 124. The molecule has 0 N–H and O–H groups in total. The summed E-state index contributed by atoms with van der Waals surface area (Å²) >= 11 is 0. The summed E-state index contributed by atoms with van der Waals surface area (Å²) < 4.78 is 0. The van der Waals surface area contributed by atoms with Crippen molar-refractivity contribution in [2.45, 2.75) is 19.8 Å². The van der Waals surface area contributed by atoms with Crippen molar-refractivity contribution < 1.29 is 0 Å². The van der Waals surface area contributed by atoms with Crippen LogP contribution in [0.1, 0.15) is 19.8 Å². The van der Waals surface area contributed by atoms with Gasteiger partial charge in [0.1, 0.15) is 5.84 Å². The minimum Gasteiger partial charge on any atom is -0.240 e. The zero-order valence-corrected chi connectivity index (χ0v) is 4.96. The smallest absolute Gasteiger partial charge is 0.128 e. The van der Waals surface area contributed by atoms with Gasteiger partial charge in [0.25, 0.3) is 0 Å². The lowest BCUT2D eigenvalue weighted by Gasteiger charge is -1.91. The summed E-state index contributed by atoms with van der Waals surface area (Å²) in [4.78, 5) is 3.99. The van der Waals surface area contributed by atoms with E-state index < -0.39 is 0 Å². The minimum absolute atomic E-state index is 0.965. The fourth-order valence-corrected chi connectivity index (χ4v) is 0.625. The van der Waals surface area contributed by atoms with E-state index in [1.807, 2.05) is 0 Å². The molecule has 0 saturated carbocycles. The van der Waals surface area contributed by atoms with Crippen LogP contribution in [0.5, 0.6) is 0 Å². The Balaban J connectivity index is 2.28. The van der Waals surface area contributed by atoms with Crippen LogP contribution >= 0.6 is 0 Å². The predicted molar refractivity (Wildman–Crippen MR) is 33.6 cm³/mol. The van der Waals surface area contributed by atoms with E-state index in [2.05, 4.69) is 17.2 Å². The van der Waals surface area contributed by atoms with Crippen LogP contribution in [0.2, 0.25) is 0 Å². The quantitative estimate of drug-likeness (QED) is 0.510. The highest BCUT2D eigenvalue weighted by Crippen LogP contribution is 1.96. The standard InChI is InChI=1S/C6H9N2/c1-2-3-6-7-4-5-8-6/h4-5H,2-3H2,1H3. The van der Waals surface area contributed by atoms with E-state index in [9.17, 15) is 0 Å². The third kappa shape index (κ3) is 1.09. The molecule has 0 amide bonds. The average Bonchev–Trinajstić information content (AvgIpc) is 2.19. The van der Waals surface area contributed by atoms with E-state index in [1.165, 1.54) is 0 Å². The van der Waals surface area contributed by atoms with Gasteiger partial charge < -0.3 is 0 Å². The molecule has 0 aromatic carbocycles. The molecule has 43 valence electrons. The number of amidine groups is 1. The zero-order chi connectivity index (χ0) is 5.82. The molecule has 1 aliphatic heterocycles. The van der Waals surface area contributed by atoms with Crippen LogP contribution in [0.25, 0.3) is 0 Å². The zero-order valence-electron chi connectivity index (χ0n) is 4.96. The SMILES string of the molecule is CCCC1=NC=C[N]1. The first kappa shape index (κ1) is 5.35. The first-order chi connectivity index (χ1) is 3.93. The van der Waals surface area contributed by atoms with Gasteiger partial charge >= 0.3 is 0 Å². The van der Waals surface area contributed by atoms with E-state index in [0.29, 0.717) is 0 Å². The Labute approximate surface area is 49.3 Å². The second-order valence-electron chi connectivity index (χ2n) is 1.72. The highest BCUT2D eigenvalue weighted by molar-refractivity contribution is 5.84. The van der Waals surface area contributed by atoms with Crippen molar-refractivity contribution >= 4 is 5.84 Å². The lowest BCUT2D eigenvalue weighted by atomic mass is 10.3. The fraction of sp³-hybridized carbons (Fsp3) is 0.500. The number of hydrogen-bond acceptors (Lipinski definition) is 1. The van der Waals surface area contributed by atoms with Crippen molar-refractivity contribution in [1.82, 2.24) is 5.32 Å². The van der Waals surface area contributed by atoms with Crippen molar-refractivity contribution in [3.8, 4) is 0 Å². The summed E-state index contributed by atoms with van der Waals surface area (Å²) in [6.07, 6.45) is 5.59. The van der Waals surface area contributed by atoms with Crippen molar-refractivity contribution in [2.75, 3.05) is 0 Å². The molecule has 2 nitrogen and oxygen atoms in total. The van der Waals surface area contributed by atoms with Gasteiger partial charge in [-0.25, -0.2) is 10.3 Å². The molecule has 1 aliphatic rings. The summed E-state index contributed by atoms with van der Waals surface area (Å²) in [6, 6.07) is 0. The molecule has 1 heterocycles. The predicted octanol–water partition coefficient (Wildman–Crippen LogP) is 1.27. The first-order valence-corrected chi connectivity index (χ1v) is 2.86. The van der Waals surface area contributed by atoms with E-state index in [4.69, 9.17) is 0 Å². The molecule has 0 spiro atoms. The molecular formula is C6H9N2. The second-order valence-corrected chi connectivity index (χ2v) is 1.72. The van der Waals surface area contributed by atoms with Gasteiger partial charge in [0.15, 0.2) is 0 Å². The molecule has 0 aliphatic carbocycles. The molecule has 8 heavy (non-hydrogen) atoms. The van der Waals surface area contributed by atoms with Gasteiger partial charge in [0.2, 0.25) is 0 Å². The molecule has 0 atom stereocenters. The topological polar surface area (TPSA) is 26.5 Å². The summed E-state index contributed by atoms with van der Waals surface area (Å²) in [5, 5.41) is 3.99. The Morgan fingerprint density at radius 2 is 2.38 bits per heavy atom. The van der Waals surface area contributed by atoms with Crippen LogP contribution in [-0.2, 0) is 0 Å². The second kappa shape index (κ2) is 2.50. The molecule has 0 fully saturated rings. The number of nitrogens with zero attached hydrogens (tertiary/aromatic N) is 2. The van der Waals surface area contributed by atoms with Crippen LogP contribution in [0.15, 0.2) is 17.4 Å². The van der Waals surface area contributed by atoms with Crippen LogP contribution in [0, 0.1) is 0 Å².